The van der Waals surface area contributed by atoms with Crippen LogP contribution in [0.5, 0.6) is 11.5 Å². The molecule has 1 saturated heterocycles. The van der Waals surface area contributed by atoms with Gasteiger partial charge in [-0.2, -0.15) is 0 Å². The highest BCUT2D eigenvalue weighted by Crippen LogP contribution is 2.51. The molecule has 2 aromatic rings. The molecule has 0 aromatic heterocycles. The first-order chi connectivity index (χ1) is 23.6. The molecule has 262 valence electrons. The van der Waals surface area contributed by atoms with Crippen molar-refractivity contribution in [3.63, 3.8) is 0 Å². The molecule has 2 fully saturated rings. The van der Waals surface area contributed by atoms with Gasteiger partial charge in [0.2, 0.25) is 0 Å². The van der Waals surface area contributed by atoms with Gasteiger partial charge in [0.05, 0.1) is 24.4 Å². The lowest BCUT2D eigenvalue weighted by molar-refractivity contribution is -0.155. The second kappa shape index (κ2) is 15.4. The Morgan fingerprint density at radius 1 is 1.14 bits per heavy atom. The highest BCUT2D eigenvalue weighted by atomic mass is 19.1. The lowest BCUT2D eigenvalue weighted by Gasteiger charge is -2.32. The second-order valence-electron chi connectivity index (χ2n) is 14.7. The van der Waals surface area contributed by atoms with E-state index in [0.717, 1.165) is 82.5 Å². The van der Waals surface area contributed by atoms with Crippen LogP contribution in [0.2, 0.25) is 0 Å². The summed E-state index contributed by atoms with van der Waals surface area (Å²) < 4.78 is 33.7. The van der Waals surface area contributed by atoms with E-state index >= 15 is 4.39 Å². The van der Waals surface area contributed by atoms with Crippen molar-refractivity contribution >= 4 is 23.7 Å². The summed E-state index contributed by atoms with van der Waals surface area (Å²) >= 11 is 0. The monoisotopic (exact) mass is 672 g/mol. The Kier molecular flexibility index (Phi) is 11.0. The van der Waals surface area contributed by atoms with Crippen LogP contribution in [-0.2, 0) is 19.1 Å². The van der Waals surface area contributed by atoms with E-state index in [9.17, 15) is 14.4 Å². The molecule has 1 saturated carbocycles. The Morgan fingerprint density at radius 2 is 1.94 bits per heavy atom. The van der Waals surface area contributed by atoms with E-state index in [2.05, 4.69) is 10.2 Å². The number of esters is 1. The van der Waals surface area contributed by atoms with Crippen LogP contribution in [0, 0.1) is 11.7 Å². The Labute approximate surface area is 289 Å². The van der Waals surface area contributed by atoms with E-state index in [0.29, 0.717) is 54.4 Å². The molecule has 1 amide bonds. The minimum absolute atomic E-state index is 0.0523. The minimum atomic E-state index is -0.547. The average Bonchev–Trinajstić information content (AvgIpc) is 3.07. The third-order valence-corrected chi connectivity index (χ3v) is 9.93. The fourth-order valence-electron chi connectivity index (χ4n) is 7.60. The van der Waals surface area contributed by atoms with Crippen molar-refractivity contribution in [3.8, 4) is 11.5 Å². The van der Waals surface area contributed by atoms with Crippen molar-refractivity contribution in [1.82, 2.24) is 10.2 Å². The number of benzene rings is 2. The average molecular weight is 673 g/mol. The van der Waals surface area contributed by atoms with Crippen molar-refractivity contribution in [2.45, 2.75) is 90.1 Å². The largest absolute Gasteiger partial charge is 0.460 e. The minimum Gasteiger partial charge on any atom is -0.460 e. The van der Waals surface area contributed by atoms with E-state index in [1.807, 2.05) is 51.1 Å². The number of hydrogen-bond donors (Lipinski definition) is 1. The van der Waals surface area contributed by atoms with Crippen LogP contribution in [0.3, 0.4) is 0 Å². The van der Waals surface area contributed by atoms with Gasteiger partial charge in [0.1, 0.15) is 22.9 Å². The molecule has 1 N–H and O–H groups in total. The summed E-state index contributed by atoms with van der Waals surface area (Å²) in [5.74, 6) is -0.512. The normalized spacial score (nSPS) is 22.9. The van der Waals surface area contributed by atoms with Gasteiger partial charge < -0.3 is 19.5 Å². The number of carbonyl (C=O) groups is 3. The van der Waals surface area contributed by atoms with Gasteiger partial charge in [-0.25, -0.2) is 4.39 Å². The quantitative estimate of drug-likeness (QED) is 0.168. The first-order valence-corrected chi connectivity index (χ1v) is 17.9. The maximum atomic E-state index is 16.3. The smallest absolute Gasteiger partial charge is 0.306 e. The Hall–Kier alpha value is -3.82. The lowest BCUT2D eigenvalue weighted by Crippen LogP contribution is -2.38. The van der Waals surface area contributed by atoms with Gasteiger partial charge in [-0.3, -0.25) is 19.3 Å². The summed E-state index contributed by atoms with van der Waals surface area (Å²) in [6.45, 7) is 10.1. The number of nitrogens with zero attached hydrogens (tertiary/aromatic N) is 1. The number of fused-ring (bicyclic) bond motifs is 2. The summed E-state index contributed by atoms with van der Waals surface area (Å²) in [7, 11) is 0. The second-order valence-corrected chi connectivity index (χ2v) is 14.7. The van der Waals surface area contributed by atoms with Crippen LogP contribution < -0.4 is 10.1 Å². The Morgan fingerprint density at radius 3 is 2.73 bits per heavy atom. The van der Waals surface area contributed by atoms with Gasteiger partial charge in [0.15, 0.2) is 5.78 Å². The molecule has 49 heavy (non-hydrogen) atoms. The van der Waals surface area contributed by atoms with Crippen molar-refractivity contribution < 1.29 is 33.0 Å². The number of nitrogens with one attached hydrogen (secondary N) is 1. The van der Waals surface area contributed by atoms with Crippen molar-refractivity contribution in [2.24, 2.45) is 5.92 Å². The zero-order chi connectivity index (χ0) is 34.5. The number of halogens is 1. The van der Waals surface area contributed by atoms with Gasteiger partial charge in [-0.05, 0) is 103 Å². The predicted octanol–water partition coefficient (Wildman–Crippen LogP) is 7.50. The zero-order valence-corrected chi connectivity index (χ0v) is 29.1. The van der Waals surface area contributed by atoms with Crippen LogP contribution in [0.15, 0.2) is 47.6 Å². The molecular formula is C40H49FN2O6. The molecule has 2 aromatic carbocycles. The maximum absolute atomic E-state index is 16.3. The number of allylic oxidation sites excluding steroid dienone is 2. The number of Topliss-reactive ketones (excluding diaryl/α,β-unsaturated/α-hetero) is 1. The van der Waals surface area contributed by atoms with E-state index in [4.69, 9.17) is 14.2 Å². The Balaban J connectivity index is 1.25. The zero-order valence-electron chi connectivity index (χ0n) is 29.1. The lowest BCUT2D eigenvalue weighted by atomic mass is 9.77. The molecule has 4 aliphatic rings. The van der Waals surface area contributed by atoms with Crippen molar-refractivity contribution in [1.29, 1.82) is 0 Å². The van der Waals surface area contributed by atoms with Gasteiger partial charge in [-0.15, -0.1) is 0 Å². The van der Waals surface area contributed by atoms with Crippen LogP contribution in [-0.4, -0.2) is 67.6 Å². The fraction of sp³-hybridized carbons (Fsp3) is 0.525. The molecule has 2 aliphatic carbocycles. The van der Waals surface area contributed by atoms with E-state index in [1.165, 1.54) is 6.07 Å². The van der Waals surface area contributed by atoms with E-state index in [1.54, 1.807) is 6.08 Å². The number of morpholine rings is 1. The van der Waals surface area contributed by atoms with Gasteiger partial charge >= 0.3 is 5.97 Å². The molecule has 0 radical (unpaired) electrons. The third-order valence-electron chi connectivity index (χ3n) is 9.93. The molecule has 2 unspecified atom stereocenters. The summed E-state index contributed by atoms with van der Waals surface area (Å²) in [5, 5.41) is 2.93. The fourth-order valence-corrected chi connectivity index (χ4v) is 7.60. The number of hydrogen-bond acceptors (Lipinski definition) is 7. The number of ether oxygens (including phenoxy) is 3. The molecular weight excluding hydrogens is 623 g/mol. The summed E-state index contributed by atoms with van der Waals surface area (Å²) in [6, 6.07) is 9.05. The first-order valence-electron chi connectivity index (χ1n) is 17.9. The van der Waals surface area contributed by atoms with Crippen molar-refractivity contribution in [2.75, 3.05) is 39.4 Å². The Bertz CT molecular complexity index is 1630. The first kappa shape index (κ1) is 35.0. The van der Waals surface area contributed by atoms with E-state index in [-0.39, 0.29) is 23.0 Å². The van der Waals surface area contributed by atoms with Crippen LogP contribution in [0.25, 0.3) is 6.08 Å². The molecule has 9 heteroatoms. The van der Waals surface area contributed by atoms with Crippen LogP contribution >= 0.6 is 0 Å². The molecule has 2 heterocycles. The highest BCUT2D eigenvalue weighted by Gasteiger charge is 2.37. The number of carbonyl (C=O) groups excluding carboxylic acids is 3. The number of para-hydroxylation sites is 1. The molecule has 2 aliphatic heterocycles. The molecule has 8 nitrogen and oxygen atoms in total. The standard InChI is InChI=1S/C40H49FN2O6/c1-40(2,3)49-35(44)16-15-26-9-6-10-27(23-26)24-31-33(41)25-32-36-29(28-11-4-5-14-34(28)48-38(31)36)12-7-13-30(37(32)45)39(46)42-17-8-18-43-19-21-47-22-20-43/h4-5,11,13-14,24-26,29H,6-10,12,15-23H2,1-3H3,(H,42,46)/b27-24?,30-13+. The van der Waals surface area contributed by atoms with E-state index < -0.39 is 23.1 Å². The molecule has 0 bridgehead atoms. The van der Waals surface area contributed by atoms with Crippen LogP contribution in [0.1, 0.15) is 112 Å². The van der Waals surface area contributed by atoms with Gasteiger partial charge in [0.25, 0.3) is 5.91 Å². The number of ketones is 1. The predicted molar refractivity (Wildman–Crippen MR) is 186 cm³/mol. The summed E-state index contributed by atoms with van der Waals surface area (Å²) in [5.41, 5.74) is 2.77. The van der Waals surface area contributed by atoms with Crippen LogP contribution in [0.4, 0.5) is 4.39 Å². The molecule has 6 rings (SSSR count). The van der Waals surface area contributed by atoms with Gasteiger partial charge in [0, 0.05) is 48.7 Å². The summed E-state index contributed by atoms with van der Waals surface area (Å²) in [6.07, 6.45) is 10.2. The topological polar surface area (TPSA) is 94.2 Å². The molecule has 0 spiro atoms. The number of rotatable bonds is 9. The SMILES string of the molecule is CC(C)(C)OC(=O)CCC1CCCC(=Cc2c(F)cc3c4c2Oc2ccccc2C4CC/C=C(/C(=O)NCCCN2CCOCC2)C3=O)C1. The van der Waals surface area contributed by atoms with Gasteiger partial charge in [-0.1, -0.05) is 29.8 Å². The van der Waals surface area contributed by atoms with Crippen molar-refractivity contribution in [3.05, 3.63) is 75.6 Å². The molecule has 2 atom stereocenters. The highest BCUT2D eigenvalue weighted by molar-refractivity contribution is 6.26. The third kappa shape index (κ3) is 8.50. The number of amides is 1. The maximum Gasteiger partial charge on any atom is 0.306 e. The summed E-state index contributed by atoms with van der Waals surface area (Å²) in [4.78, 5) is 42.2.